The maximum absolute atomic E-state index is 12.4. The molecule has 2 amide bonds. The number of nitrogens with one attached hydrogen (secondary N) is 2. The lowest BCUT2D eigenvalue weighted by Crippen LogP contribution is -2.36. The summed E-state index contributed by atoms with van der Waals surface area (Å²) in [6, 6.07) is 5.53. The summed E-state index contributed by atoms with van der Waals surface area (Å²) in [5, 5.41) is 6.75. The zero-order valence-electron chi connectivity index (χ0n) is 12.8. The topological polar surface area (TPSA) is 58.2 Å². The Morgan fingerprint density at radius 2 is 1.39 bits per heavy atom. The van der Waals surface area contributed by atoms with Gasteiger partial charge in [-0.05, 0) is 50.7 Å². The fraction of sp³-hybridized carbons (Fsp3) is 0.529. The van der Waals surface area contributed by atoms with Crippen LogP contribution in [-0.4, -0.2) is 17.9 Å². The highest BCUT2D eigenvalue weighted by Crippen LogP contribution is 2.34. The molecule has 2 aliphatic rings. The molecule has 2 saturated carbocycles. The molecule has 2 aliphatic carbocycles. The third kappa shape index (κ3) is 4.18. The normalized spacial score (nSPS) is 24.1. The van der Waals surface area contributed by atoms with E-state index in [0.29, 0.717) is 21.8 Å². The Hall–Kier alpha value is -1.26. The number of hydrogen-bond acceptors (Lipinski definition) is 2. The lowest BCUT2D eigenvalue weighted by molar-refractivity contribution is -0.128. The lowest BCUT2D eigenvalue weighted by Gasteiger charge is -2.27. The van der Waals surface area contributed by atoms with Gasteiger partial charge in [0.25, 0.3) is 0 Å². The average Bonchev–Trinajstić information content (AvgIpc) is 3.35. The third-order valence-electron chi connectivity index (χ3n) is 4.60. The number of anilines is 1. The first-order valence-electron chi connectivity index (χ1n) is 8.10. The van der Waals surface area contributed by atoms with E-state index >= 15 is 0 Å². The van der Waals surface area contributed by atoms with Crippen molar-refractivity contribution in [1.29, 1.82) is 0 Å². The van der Waals surface area contributed by atoms with Crippen molar-refractivity contribution < 1.29 is 9.59 Å². The maximum atomic E-state index is 12.4. The molecule has 0 unspecified atom stereocenters. The first-order chi connectivity index (χ1) is 11.0. The van der Waals surface area contributed by atoms with Gasteiger partial charge in [-0.15, -0.1) is 0 Å². The second kappa shape index (κ2) is 7.10. The van der Waals surface area contributed by atoms with Crippen LogP contribution < -0.4 is 10.6 Å². The van der Waals surface area contributed by atoms with Gasteiger partial charge in [-0.25, -0.2) is 0 Å². The van der Waals surface area contributed by atoms with Gasteiger partial charge in [-0.3, -0.25) is 9.59 Å². The van der Waals surface area contributed by atoms with Crippen LogP contribution in [-0.2, 0) is 9.59 Å². The average molecular weight is 355 g/mol. The van der Waals surface area contributed by atoms with Gasteiger partial charge in [0.2, 0.25) is 11.8 Å². The standard InChI is InChI=1S/C17H20Cl2N2O2/c18-13-2-1-3-14(19)15(13)21-17(23)11-6-4-10(5-7-11)16(22)20-12-8-9-12/h1-3,10-12H,4-9H2,(H,20,22)(H,21,23). The van der Waals surface area contributed by atoms with E-state index in [1.807, 2.05) is 0 Å². The molecule has 0 bridgehead atoms. The van der Waals surface area contributed by atoms with E-state index in [0.717, 1.165) is 38.5 Å². The second-order valence-electron chi connectivity index (χ2n) is 6.42. The number of halogens is 2. The Labute approximate surface area is 145 Å². The summed E-state index contributed by atoms with van der Waals surface area (Å²) in [7, 11) is 0. The van der Waals surface area contributed by atoms with Crippen LogP contribution >= 0.6 is 23.2 Å². The Bertz CT molecular complexity index is 588. The number of hydrogen-bond donors (Lipinski definition) is 2. The van der Waals surface area contributed by atoms with Gasteiger partial charge < -0.3 is 10.6 Å². The van der Waals surface area contributed by atoms with Crippen molar-refractivity contribution in [3.63, 3.8) is 0 Å². The molecular weight excluding hydrogens is 335 g/mol. The van der Waals surface area contributed by atoms with E-state index in [4.69, 9.17) is 23.2 Å². The highest BCUT2D eigenvalue weighted by Gasteiger charge is 2.32. The molecule has 23 heavy (non-hydrogen) atoms. The van der Waals surface area contributed by atoms with Crippen LogP contribution in [0.1, 0.15) is 38.5 Å². The number of carbonyl (C=O) groups excluding carboxylic acids is 2. The quantitative estimate of drug-likeness (QED) is 0.857. The molecule has 0 atom stereocenters. The highest BCUT2D eigenvalue weighted by molar-refractivity contribution is 6.39. The van der Waals surface area contributed by atoms with Gasteiger partial charge in [-0.2, -0.15) is 0 Å². The van der Waals surface area contributed by atoms with Crippen LogP contribution in [0.25, 0.3) is 0 Å². The second-order valence-corrected chi connectivity index (χ2v) is 7.23. The molecule has 124 valence electrons. The zero-order valence-corrected chi connectivity index (χ0v) is 14.3. The van der Waals surface area contributed by atoms with Crippen molar-refractivity contribution in [2.45, 2.75) is 44.6 Å². The predicted molar refractivity (Wildman–Crippen MR) is 91.7 cm³/mol. The van der Waals surface area contributed by atoms with Gasteiger partial charge in [0.15, 0.2) is 0 Å². The fourth-order valence-corrected chi connectivity index (χ4v) is 3.50. The molecular formula is C17H20Cl2N2O2. The molecule has 0 aromatic heterocycles. The Morgan fingerprint density at radius 1 is 0.870 bits per heavy atom. The van der Waals surface area contributed by atoms with E-state index in [-0.39, 0.29) is 23.7 Å². The third-order valence-corrected chi connectivity index (χ3v) is 5.23. The van der Waals surface area contributed by atoms with E-state index < -0.39 is 0 Å². The summed E-state index contributed by atoms with van der Waals surface area (Å²) in [6.07, 6.45) is 5.15. The maximum Gasteiger partial charge on any atom is 0.227 e. The van der Waals surface area contributed by atoms with Crippen molar-refractivity contribution in [3.05, 3.63) is 28.2 Å². The van der Waals surface area contributed by atoms with Crippen molar-refractivity contribution >= 4 is 40.7 Å². The number of benzene rings is 1. The van der Waals surface area contributed by atoms with Crippen LogP contribution in [0.3, 0.4) is 0 Å². The molecule has 0 aliphatic heterocycles. The molecule has 1 aromatic rings. The van der Waals surface area contributed by atoms with Crippen LogP contribution in [0.4, 0.5) is 5.69 Å². The minimum atomic E-state index is -0.0904. The summed E-state index contributed by atoms with van der Waals surface area (Å²) < 4.78 is 0. The van der Waals surface area contributed by atoms with Crippen molar-refractivity contribution in [1.82, 2.24) is 5.32 Å². The van der Waals surface area contributed by atoms with Crippen molar-refractivity contribution in [2.24, 2.45) is 11.8 Å². The molecule has 0 saturated heterocycles. The van der Waals surface area contributed by atoms with Crippen molar-refractivity contribution in [3.8, 4) is 0 Å². The lowest BCUT2D eigenvalue weighted by atomic mass is 9.81. The fourth-order valence-electron chi connectivity index (χ4n) is 3.01. The van der Waals surface area contributed by atoms with E-state index in [9.17, 15) is 9.59 Å². The Balaban J connectivity index is 1.52. The zero-order chi connectivity index (χ0) is 16.4. The summed E-state index contributed by atoms with van der Waals surface area (Å²) in [5.41, 5.74) is 0.467. The monoisotopic (exact) mass is 354 g/mol. The number of amides is 2. The van der Waals surface area contributed by atoms with Gasteiger partial charge in [0.1, 0.15) is 0 Å². The van der Waals surface area contributed by atoms with E-state index in [2.05, 4.69) is 10.6 Å². The highest BCUT2D eigenvalue weighted by atomic mass is 35.5. The molecule has 6 heteroatoms. The molecule has 1 aromatic carbocycles. The summed E-state index contributed by atoms with van der Waals surface area (Å²) in [5.74, 6) is 0.0393. The van der Waals surface area contributed by atoms with Crippen molar-refractivity contribution in [2.75, 3.05) is 5.32 Å². The van der Waals surface area contributed by atoms with Crippen LogP contribution in [0.2, 0.25) is 10.0 Å². The van der Waals surface area contributed by atoms with Gasteiger partial charge >= 0.3 is 0 Å². The molecule has 4 nitrogen and oxygen atoms in total. The smallest absolute Gasteiger partial charge is 0.227 e. The number of rotatable bonds is 4. The Kier molecular flexibility index (Phi) is 5.12. The minimum absolute atomic E-state index is 0.0450. The molecule has 3 rings (SSSR count). The Morgan fingerprint density at radius 3 is 1.91 bits per heavy atom. The van der Waals surface area contributed by atoms with Gasteiger partial charge in [0, 0.05) is 17.9 Å². The largest absolute Gasteiger partial charge is 0.353 e. The summed E-state index contributed by atoms with van der Waals surface area (Å²) in [4.78, 5) is 24.5. The van der Waals surface area contributed by atoms with Crippen LogP contribution in [0.15, 0.2) is 18.2 Å². The molecule has 0 heterocycles. The number of carbonyl (C=O) groups is 2. The molecule has 2 fully saturated rings. The minimum Gasteiger partial charge on any atom is -0.353 e. The SMILES string of the molecule is O=C(Nc1c(Cl)cccc1Cl)C1CCC(C(=O)NC2CC2)CC1. The first kappa shape index (κ1) is 16.6. The van der Waals surface area contributed by atoms with E-state index in [1.54, 1.807) is 18.2 Å². The van der Waals surface area contributed by atoms with Gasteiger partial charge in [-0.1, -0.05) is 29.3 Å². The van der Waals surface area contributed by atoms with Crippen LogP contribution in [0.5, 0.6) is 0 Å². The molecule has 0 spiro atoms. The predicted octanol–water partition coefficient (Wildman–Crippen LogP) is 4.02. The number of para-hydroxylation sites is 1. The summed E-state index contributed by atoms with van der Waals surface area (Å²) in [6.45, 7) is 0. The first-order valence-corrected chi connectivity index (χ1v) is 8.85. The molecule has 2 N–H and O–H groups in total. The van der Waals surface area contributed by atoms with Crippen LogP contribution in [0, 0.1) is 11.8 Å². The van der Waals surface area contributed by atoms with E-state index in [1.165, 1.54) is 0 Å². The van der Waals surface area contributed by atoms with Gasteiger partial charge in [0.05, 0.1) is 15.7 Å². The molecule has 0 radical (unpaired) electrons. The summed E-state index contributed by atoms with van der Waals surface area (Å²) >= 11 is 12.2.